The van der Waals surface area contributed by atoms with Gasteiger partial charge in [-0.2, -0.15) is 0 Å². The smallest absolute Gasteiger partial charge is 0.308 e. The molecule has 4 N–H and O–H groups in total. The first kappa shape index (κ1) is 28.7. The van der Waals surface area contributed by atoms with Crippen LogP contribution in [0.4, 0.5) is 0 Å². The number of likely N-dealkylation sites (tertiary alicyclic amines) is 1. The molecule has 2 heterocycles. The molecule has 0 aromatic heterocycles. The number of carbonyl (C=O) groups excluding carboxylic acids is 2. The quantitative estimate of drug-likeness (QED) is 0.344. The Balaban J connectivity index is 1.93. The van der Waals surface area contributed by atoms with Gasteiger partial charge in [-0.1, -0.05) is 13.3 Å². The van der Waals surface area contributed by atoms with Gasteiger partial charge in [-0.25, -0.2) is 0 Å². The fraction of sp³-hybridized carbons (Fsp3) is 0.654. The number of fused-ring (bicyclic) bond motifs is 1. The first-order chi connectivity index (χ1) is 17.7. The van der Waals surface area contributed by atoms with E-state index < -0.39 is 23.8 Å². The van der Waals surface area contributed by atoms with E-state index in [-0.39, 0.29) is 31.8 Å². The highest BCUT2D eigenvalue weighted by Crippen LogP contribution is 2.44. The van der Waals surface area contributed by atoms with Crippen molar-refractivity contribution in [3.63, 3.8) is 0 Å². The number of carboxylic acid groups (broad SMARTS) is 1. The lowest BCUT2D eigenvalue weighted by molar-refractivity contribution is -0.144. The van der Waals surface area contributed by atoms with Crippen molar-refractivity contribution in [3.8, 4) is 11.5 Å². The number of carboxylic acids is 1. The van der Waals surface area contributed by atoms with Crippen molar-refractivity contribution < 1.29 is 34.1 Å². The molecule has 2 amide bonds. The second-order valence-electron chi connectivity index (χ2n) is 9.79. The third-order valence-electron chi connectivity index (χ3n) is 7.37. The Labute approximate surface area is 218 Å². The maximum atomic E-state index is 13.3. The molecule has 1 saturated heterocycles. The van der Waals surface area contributed by atoms with Gasteiger partial charge in [0.05, 0.1) is 19.1 Å². The van der Waals surface area contributed by atoms with E-state index in [0.717, 1.165) is 12.8 Å². The van der Waals surface area contributed by atoms with Crippen LogP contribution in [0.15, 0.2) is 12.1 Å². The van der Waals surface area contributed by atoms with Crippen molar-refractivity contribution in [1.29, 1.82) is 0 Å². The SMILES string of the molecule is CCCCN(CCN)C(=O)CN1C[C@H](c2cc(CO)c3c(c2)OCO3)[C@@H](C(=O)O)[C@@H]1CCN(C)C(C)=O. The minimum absolute atomic E-state index is 0.0359. The second kappa shape index (κ2) is 13.1. The van der Waals surface area contributed by atoms with Crippen LogP contribution in [-0.2, 0) is 21.0 Å². The first-order valence-electron chi connectivity index (χ1n) is 12.9. The number of hydrogen-bond donors (Lipinski definition) is 3. The zero-order chi connectivity index (χ0) is 27.1. The Bertz CT molecular complexity index is 972. The zero-order valence-corrected chi connectivity index (χ0v) is 22.0. The summed E-state index contributed by atoms with van der Waals surface area (Å²) in [5, 5.41) is 20.2. The van der Waals surface area contributed by atoms with Crippen LogP contribution < -0.4 is 15.2 Å². The lowest BCUT2D eigenvalue weighted by Gasteiger charge is -2.30. The zero-order valence-electron chi connectivity index (χ0n) is 22.0. The van der Waals surface area contributed by atoms with E-state index in [1.165, 1.54) is 6.92 Å². The normalized spacial score (nSPS) is 20.7. The van der Waals surface area contributed by atoms with Crippen LogP contribution in [0.1, 0.15) is 50.2 Å². The van der Waals surface area contributed by atoms with Crippen molar-refractivity contribution in [1.82, 2.24) is 14.7 Å². The molecule has 0 bridgehead atoms. The summed E-state index contributed by atoms with van der Waals surface area (Å²) in [5.74, 6) is -1.49. The van der Waals surface area contributed by atoms with Crippen molar-refractivity contribution in [2.45, 2.75) is 51.7 Å². The lowest BCUT2D eigenvalue weighted by Crippen LogP contribution is -2.46. The summed E-state index contributed by atoms with van der Waals surface area (Å²) < 4.78 is 11.0. The number of aliphatic carboxylic acids is 1. The molecule has 2 aliphatic rings. The predicted molar refractivity (Wildman–Crippen MR) is 136 cm³/mol. The van der Waals surface area contributed by atoms with E-state index in [4.69, 9.17) is 15.2 Å². The number of ether oxygens (including phenoxy) is 2. The van der Waals surface area contributed by atoms with Gasteiger partial charge in [0.25, 0.3) is 0 Å². The maximum absolute atomic E-state index is 13.3. The van der Waals surface area contributed by atoms with Gasteiger partial charge >= 0.3 is 5.97 Å². The molecule has 206 valence electrons. The van der Waals surface area contributed by atoms with Crippen LogP contribution in [0.2, 0.25) is 0 Å². The average molecular weight is 521 g/mol. The number of hydrogen-bond acceptors (Lipinski definition) is 8. The Morgan fingerprint density at radius 2 is 1.95 bits per heavy atom. The van der Waals surface area contributed by atoms with Gasteiger partial charge in [-0.15, -0.1) is 0 Å². The Morgan fingerprint density at radius 1 is 1.19 bits per heavy atom. The number of rotatable bonds is 13. The summed E-state index contributed by atoms with van der Waals surface area (Å²) >= 11 is 0. The molecule has 3 atom stereocenters. The van der Waals surface area contributed by atoms with E-state index >= 15 is 0 Å². The first-order valence-corrected chi connectivity index (χ1v) is 12.9. The predicted octanol–water partition coefficient (Wildman–Crippen LogP) is 0.832. The third-order valence-corrected chi connectivity index (χ3v) is 7.37. The van der Waals surface area contributed by atoms with Gasteiger partial charge in [-0.05, 0) is 30.5 Å². The van der Waals surface area contributed by atoms with Gasteiger partial charge < -0.3 is 35.2 Å². The van der Waals surface area contributed by atoms with Crippen LogP contribution >= 0.6 is 0 Å². The third kappa shape index (κ3) is 6.71. The summed E-state index contributed by atoms with van der Waals surface area (Å²) in [6.45, 7) is 5.46. The number of aliphatic hydroxyl groups is 1. The van der Waals surface area contributed by atoms with Gasteiger partial charge in [0.15, 0.2) is 11.5 Å². The van der Waals surface area contributed by atoms with Gasteiger partial charge in [-0.3, -0.25) is 19.3 Å². The van der Waals surface area contributed by atoms with Crippen LogP contribution in [0.25, 0.3) is 0 Å². The van der Waals surface area contributed by atoms with E-state index in [1.54, 1.807) is 29.0 Å². The number of carbonyl (C=O) groups is 3. The molecule has 1 fully saturated rings. The summed E-state index contributed by atoms with van der Waals surface area (Å²) in [7, 11) is 1.68. The molecule has 2 aliphatic heterocycles. The molecule has 11 heteroatoms. The number of benzene rings is 1. The minimum Gasteiger partial charge on any atom is -0.481 e. The summed E-state index contributed by atoms with van der Waals surface area (Å²) in [6, 6.07) is 3.07. The Kier molecular flexibility index (Phi) is 10.1. The van der Waals surface area contributed by atoms with E-state index in [0.29, 0.717) is 61.8 Å². The van der Waals surface area contributed by atoms with Crippen LogP contribution in [0.5, 0.6) is 11.5 Å². The molecular formula is C26H40N4O7. The van der Waals surface area contributed by atoms with Crippen LogP contribution in [0.3, 0.4) is 0 Å². The number of nitrogens with two attached hydrogens (primary N) is 1. The monoisotopic (exact) mass is 520 g/mol. The second-order valence-corrected chi connectivity index (χ2v) is 9.79. The maximum Gasteiger partial charge on any atom is 0.308 e. The molecule has 1 aromatic rings. The molecule has 37 heavy (non-hydrogen) atoms. The molecule has 0 unspecified atom stereocenters. The summed E-state index contributed by atoms with van der Waals surface area (Å²) in [6.07, 6.45) is 2.21. The number of unbranched alkanes of at least 4 members (excludes halogenated alkanes) is 1. The van der Waals surface area contributed by atoms with Crippen molar-refractivity contribution in [2.75, 3.05) is 53.1 Å². The van der Waals surface area contributed by atoms with E-state index in [9.17, 15) is 24.6 Å². The van der Waals surface area contributed by atoms with Crippen molar-refractivity contribution in [2.24, 2.45) is 11.7 Å². The molecule has 3 rings (SSSR count). The Morgan fingerprint density at radius 3 is 2.57 bits per heavy atom. The molecule has 11 nitrogen and oxygen atoms in total. The summed E-state index contributed by atoms with van der Waals surface area (Å²) in [5.41, 5.74) is 7.00. The highest BCUT2D eigenvalue weighted by Gasteiger charge is 2.47. The van der Waals surface area contributed by atoms with Crippen LogP contribution in [-0.4, -0.2) is 102 Å². The Hall–Kier alpha value is -2.89. The number of amides is 2. The fourth-order valence-corrected chi connectivity index (χ4v) is 5.25. The average Bonchev–Trinajstić information content (AvgIpc) is 3.48. The van der Waals surface area contributed by atoms with Crippen molar-refractivity contribution >= 4 is 17.8 Å². The molecular weight excluding hydrogens is 480 g/mol. The van der Waals surface area contributed by atoms with Gasteiger partial charge in [0, 0.05) is 64.2 Å². The largest absolute Gasteiger partial charge is 0.481 e. The summed E-state index contributed by atoms with van der Waals surface area (Å²) in [4.78, 5) is 43.0. The standard InChI is InChI=1S/C26H40N4O7/c1-4-5-8-29(10-7-27)23(33)14-30-13-20(18-11-19(15-31)25-22(12-18)36-16-37-25)24(26(34)35)21(30)6-9-28(3)17(2)32/h11-12,20-21,24,31H,4-10,13-16,27H2,1-3H3,(H,34,35)/t20-,21+,24-/m1/s1. The highest BCUT2D eigenvalue weighted by molar-refractivity contribution is 5.79. The minimum atomic E-state index is -0.969. The van der Waals surface area contributed by atoms with Crippen molar-refractivity contribution in [3.05, 3.63) is 23.3 Å². The molecule has 1 aromatic carbocycles. The number of aliphatic hydroxyl groups excluding tert-OH is 1. The molecule has 0 saturated carbocycles. The molecule has 0 spiro atoms. The highest BCUT2D eigenvalue weighted by atomic mass is 16.7. The van der Waals surface area contributed by atoms with E-state index in [2.05, 4.69) is 6.92 Å². The van der Waals surface area contributed by atoms with Crippen LogP contribution in [0, 0.1) is 5.92 Å². The number of nitrogens with zero attached hydrogens (tertiary/aromatic N) is 3. The lowest BCUT2D eigenvalue weighted by atomic mass is 9.83. The molecule has 0 aliphatic carbocycles. The van der Waals surface area contributed by atoms with Gasteiger partial charge in [0.1, 0.15) is 0 Å². The van der Waals surface area contributed by atoms with Gasteiger partial charge in [0.2, 0.25) is 18.6 Å². The topological polar surface area (TPSA) is 146 Å². The molecule has 0 radical (unpaired) electrons. The van der Waals surface area contributed by atoms with E-state index in [1.807, 2.05) is 4.90 Å². The fourth-order valence-electron chi connectivity index (χ4n) is 5.25.